The molecule has 0 saturated heterocycles. The molecule has 0 fully saturated rings. The third kappa shape index (κ3) is 4.56. The highest BCUT2D eigenvalue weighted by atomic mass is 32.1. The Labute approximate surface area is 190 Å². The molecule has 164 valence electrons. The summed E-state index contributed by atoms with van der Waals surface area (Å²) in [6.45, 7) is 4.93. The number of hydrazone groups is 1. The van der Waals surface area contributed by atoms with E-state index in [9.17, 15) is 4.79 Å². The molecule has 0 spiro atoms. The Morgan fingerprint density at radius 2 is 2.00 bits per heavy atom. The van der Waals surface area contributed by atoms with Gasteiger partial charge in [0.2, 0.25) is 0 Å². The van der Waals surface area contributed by atoms with E-state index < -0.39 is 0 Å². The van der Waals surface area contributed by atoms with E-state index in [1.165, 1.54) is 11.3 Å². The van der Waals surface area contributed by atoms with Crippen molar-refractivity contribution in [2.24, 2.45) is 5.10 Å². The summed E-state index contributed by atoms with van der Waals surface area (Å²) in [7, 11) is 1.66. The molecule has 1 aromatic carbocycles. The first-order valence-electron chi connectivity index (χ1n) is 10.2. The summed E-state index contributed by atoms with van der Waals surface area (Å²) in [5, 5.41) is 5.07. The van der Waals surface area contributed by atoms with E-state index in [1.54, 1.807) is 13.3 Å². The van der Waals surface area contributed by atoms with Crippen molar-refractivity contribution in [1.29, 1.82) is 0 Å². The average Bonchev–Trinajstić information content (AvgIpc) is 3.43. The number of fused-ring (bicyclic) bond motifs is 1. The Morgan fingerprint density at radius 1 is 1.25 bits per heavy atom. The molecule has 1 amide bonds. The van der Waals surface area contributed by atoms with E-state index in [0.29, 0.717) is 18.1 Å². The van der Waals surface area contributed by atoms with Crippen molar-refractivity contribution in [3.63, 3.8) is 0 Å². The van der Waals surface area contributed by atoms with Gasteiger partial charge >= 0.3 is 0 Å². The Bertz CT molecular complexity index is 1240. The van der Waals surface area contributed by atoms with E-state index in [2.05, 4.69) is 15.5 Å². The standard InChI is InChI=1S/C24H24N4O3S/c1-4-31-19-9-7-17(8-10-19)14-25-27-23(29)22-21(28-11-5-6-12-28)20-18(15-30-3)13-16(2)26-24(20)32-22/h5-14H,4,15H2,1-3H3,(H,27,29). The van der Waals surface area contributed by atoms with Crippen LogP contribution in [0.25, 0.3) is 15.9 Å². The lowest BCUT2D eigenvalue weighted by Crippen LogP contribution is -2.18. The molecule has 0 atom stereocenters. The maximum Gasteiger partial charge on any atom is 0.283 e. The van der Waals surface area contributed by atoms with Gasteiger partial charge < -0.3 is 14.0 Å². The molecule has 0 aliphatic carbocycles. The van der Waals surface area contributed by atoms with Crippen molar-refractivity contribution in [2.75, 3.05) is 13.7 Å². The lowest BCUT2D eigenvalue weighted by atomic mass is 10.1. The van der Waals surface area contributed by atoms with Gasteiger partial charge in [-0.25, -0.2) is 10.4 Å². The molecule has 3 heterocycles. The second-order valence-electron chi connectivity index (χ2n) is 7.11. The second-order valence-corrected chi connectivity index (χ2v) is 8.11. The number of nitrogens with one attached hydrogen (secondary N) is 1. The maximum atomic E-state index is 13.1. The van der Waals surface area contributed by atoms with Crippen molar-refractivity contribution in [1.82, 2.24) is 15.0 Å². The molecular formula is C24H24N4O3S. The van der Waals surface area contributed by atoms with E-state index in [4.69, 9.17) is 9.47 Å². The topological polar surface area (TPSA) is 77.7 Å². The van der Waals surface area contributed by atoms with Crippen LogP contribution in [-0.4, -0.2) is 35.4 Å². The lowest BCUT2D eigenvalue weighted by Gasteiger charge is -2.09. The van der Waals surface area contributed by atoms with Crippen molar-refractivity contribution in [2.45, 2.75) is 20.5 Å². The fourth-order valence-electron chi connectivity index (χ4n) is 3.48. The zero-order chi connectivity index (χ0) is 22.5. The molecule has 8 heteroatoms. The molecule has 0 bridgehead atoms. The largest absolute Gasteiger partial charge is 0.494 e. The minimum Gasteiger partial charge on any atom is -0.494 e. The van der Waals surface area contributed by atoms with Crippen LogP contribution in [0.1, 0.15) is 33.4 Å². The monoisotopic (exact) mass is 448 g/mol. The zero-order valence-corrected chi connectivity index (χ0v) is 19.0. The summed E-state index contributed by atoms with van der Waals surface area (Å²) in [5.74, 6) is 0.505. The third-order valence-electron chi connectivity index (χ3n) is 4.79. The molecule has 0 radical (unpaired) electrons. The van der Waals surface area contributed by atoms with Gasteiger partial charge in [-0.05, 0) is 67.4 Å². The smallest absolute Gasteiger partial charge is 0.283 e. The molecular weight excluding hydrogens is 424 g/mol. The number of nitrogens with zero attached hydrogens (tertiary/aromatic N) is 3. The van der Waals surface area contributed by atoms with Gasteiger partial charge in [0.25, 0.3) is 5.91 Å². The molecule has 0 unspecified atom stereocenters. The van der Waals surface area contributed by atoms with Gasteiger partial charge in [-0.15, -0.1) is 11.3 Å². The minimum atomic E-state index is -0.292. The highest BCUT2D eigenvalue weighted by Crippen LogP contribution is 2.36. The fraction of sp³-hybridized carbons (Fsp3) is 0.208. The number of aryl methyl sites for hydroxylation is 1. The van der Waals surface area contributed by atoms with Gasteiger partial charge in [0, 0.05) is 30.6 Å². The number of carbonyl (C=O) groups excluding carboxylic acids is 1. The molecule has 7 nitrogen and oxygen atoms in total. The summed E-state index contributed by atoms with van der Waals surface area (Å²) in [6.07, 6.45) is 5.44. The first kappa shape index (κ1) is 21.7. The number of methoxy groups -OCH3 is 1. The molecule has 3 aromatic heterocycles. The van der Waals surface area contributed by atoms with E-state index in [0.717, 1.165) is 38.5 Å². The number of benzene rings is 1. The van der Waals surface area contributed by atoms with Gasteiger partial charge in [0.05, 0.1) is 25.1 Å². The van der Waals surface area contributed by atoms with Crippen LogP contribution in [0.15, 0.2) is 60.0 Å². The number of aromatic nitrogens is 2. The second kappa shape index (κ2) is 9.76. The Morgan fingerprint density at radius 3 is 2.69 bits per heavy atom. The van der Waals surface area contributed by atoms with Crippen LogP contribution >= 0.6 is 11.3 Å². The number of hydrogen-bond acceptors (Lipinski definition) is 6. The fourth-order valence-corrected chi connectivity index (χ4v) is 4.64. The van der Waals surface area contributed by atoms with Crippen molar-refractivity contribution in [3.8, 4) is 11.4 Å². The van der Waals surface area contributed by atoms with E-state index in [-0.39, 0.29) is 5.91 Å². The zero-order valence-electron chi connectivity index (χ0n) is 18.2. The van der Waals surface area contributed by atoms with Crippen LogP contribution in [0.5, 0.6) is 5.75 Å². The first-order valence-corrected chi connectivity index (χ1v) is 11.0. The van der Waals surface area contributed by atoms with Gasteiger partial charge in [0.15, 0.2) is 0 Å². The molecule has 1 N–H and O–H groups in total. The molecule has 0 aliphatic rings. The normalized spacial score (nSPS) is 11.3. The molecule has 32 heavy (non-hydrogen) atoms. The quantitative estimate of drug-likeness (QED) is 0.313. The predicted octanol–water partition coefficient (Wildman–Crippen LogP) is 4.70. The van der Waals surface area contributed by atoms with Gasteiger partial charge in [0.1, 0.15) is 15.5 Å². The summed E-state index contributed by atoms with van der Waals surface area (Å²) in [6, 6.07) is 13.4. The summed E-state index contributed by atoms with van der Waals surface area (Å²) >= 11 is 1.35. The molecule has 0 saturated carbocycles. The average molecular weight is 449 g/mol. The number of pyridine rings is 1. The maximum absolute atomic E-state index is 13.1. The minimum absolute atomic E-state index is 0.292. The van der Waals surface area contributed by atoms with Crippen molar-refractivity contribution >= 4 is 33.7 Å². The first-order chi connectivity index (χ1) is 15.6. The van der Waals surface area contributed by atoms with Crippen LogP contribution in [0.2, 0.25) is 0 Å². The van der Waals surface area contributed by atoms with Crippen molar-refractivity contribution < 1.29 is 14.3 Å². The molecule has 4 rings (SSSR count). The highest BCUT2D eigenvalue weighted by Gasteiger charge is 2.23. The van der Waals surface area contributed by atoms with Gasteiger partial charge in [-0.3, -0.25) is 4.79 Å². The van der Waals surface area contributed by atoms with Crippen LogP contribution in [0, 0.1) is 6.92 Å². The Kier molecular flexibility index (Phi) is 6.63. The lowest BCUT2D eigenvalue weighted by molar-refractivity contribution is 0.0959. The van der Waals surface area contributed by atoms with E-state index in [1.807, 2.05) is 73.3 Å². The van der Waals surface area contributed by atoms with E-state index >= 15 is 0 Å². The Balaban J connectivity index is 1.66. The number of rotatable bonds is 8. The number of hydrogen-bond donors (Lipinski definition) is 1. The summed E-state index contributed by atoms with van der Waals surface area (Å²) < 4.78 is 12.8. The Hall–Kier alpha value is -3.49. The molecule has 0 aliphatic heterocycles. The van der Waals surface area contributed by atoms with Gasteiger partial charge in [-0.2, -0.15) is 5.10 Å². The number of carbonyl (C=O) groups is 1. The van der Waals surface area contributed by atoms with Crippen LogP contribution in [0.4, 0.5) is 0 Å². The highest BCUT2D eigenvalue weighted by molar-refractivity contribution is 7.21. The third-order valence-corrected chi connectivity index (χ3v) is 5.86. The van der Waals surface area contributed by atoms with Gasteiger partial charge in [-0.1, -0.05) is 0 Å². The van der Waals surface area contributed by atoms with Crippen LogP contribution in [-0.2, 0) is 11.3 Å². The van der Waals surface area contributed by atoms with Crippen LogP contribution in [0.3, 0.4) is 0 Å². The number of thiophene rings is 1. The molecule has 4 aromatic rings. The SMILES string of the molecule is CCOc1ccc(C=NNC(=O)c2sc3nc(C)cc(COC)c3c2-n2cccc2)cc1. The summed E-state index contributed by atoms with van der Waals surface area (Å²) in [5.41, 5.74) is 6.16. The summed E-state index contributed by atoms with van der Waals surface area (Å²) in [4.78, 5) is 19.1. The number of ether oxygens (including phenoxy) is 2. The van der Waals surface area contributed by atoms with Crippen molar-refractivity contribution in [3.05, 3.63) is 76.6 Å². The number of amides is 1. The predicted molar refractivity (Wildman–Crippen MR) is 127 cm³/mol. The van der Waals surface area contributed by atoms with Crippen LogP contribution < -0.4 is 10.2 Å².